The molecule has 4 N–H and O–H groups in total. The van der Waals surface area contributed by atoms with Crippen molar-refractivity contribution in [3.8, 4) is 0 Å². The summed E-state index contributed by atoms with van der Waals surface area (Å²) in [4.78, 5) is 8.92. The van der Waals surface area contributed by atoms with Crippen molar-refractivity contribution in [2.24, 2.45) is 23.6 Å². The second-order valence-electron chi connectivity index (χ2n) is 6.33. The van der Waals surface area contributed by atoms with Gasteiger partial charge in [0.05, 0.1) is 0 Å². The molecule has 0 unspecified atom stereocenters. The van der Waals surface area contributed by atoms with Gasteiger partial charge in [-0.15, -0.1) is 0 Å². The number of hydrogen-bond donors (Lipinski definition) is 3. The lowest BCUT2D eigenvalue weighted by atomic mass is 9.85. The van der Waals surface area contributed by atoms with Crippen molar-refractivity contribution in [3.05, 3.63) is 11.9 Å². The summed E-state index contributed by atoms with van der Waals surface area (Å²) in [5.41, 5.74) is 2.60. The van der Waals surface area contributed by atoms with Crippen molar-refractivity contribution in [2.45, 2.75) is 47.5 Å². The van der Waals surface area contributed by atoms with Gasteiger partial charge < -0.3 is 10.7 Å². The molecule has 1 rings (SSSR count). The number of aromatic nitrogens is 2. The summed E-state index contributed by atoms with van der Waals surface area (Å²) < 4.78 is 0. The zero-order chi connectivity index (χ0) is 15.3. The Hall–Kier alpha value is -1.36. The third-order valence-corrected chi connectivity index (χ3v) is 3.64. The predicted octanol–water partition coefficient (Wildman–Crippen LogP) is 3.23. The Morgan fingerprint density at radius 3 is 2.00 bits per heavy atom. The first kappa shape index (κ1) is 16.7. The number of anilines is 2. The van der Waals surface area contributed by atoms with Gasteiger partial charge in [-0.3, -0.25) is 0 Å². The molecule has 0 aliphatic heterocycles. The molecular weight excluding hydrogens is 250 g/mol. The molecule has 0 saturated carbocycles. The van der Waals surface area contributed by atoms with E-state index < -0.39 is 0 Å². The van der Waals surface area contributed by atoms with Gasteiger partial charge in [0.2, 0.25) is 0 Å². The molecule has 5 nitrogen and oxygen atoms in total. The molecule has 0 aliphatic rings. The van der Waals surface area contributed by atoms with E-state index in [9.17, 15) is 0 Å². The van der Waals surface area contributed by atoms with E-state index >= 15 is 0 Å². The third kappa shape index (κ3) is 4.63. The van der Waals surface area contributed by atoms with Gasteiger partial charge in [-0.2, -0.15) is 0 Å². The topological polar surface area (TPSA) is 75.9 Å². The normalized spacial score (nSPS) is 11.8. The van der Waals surface area contributed by atoms with Crippen LogP contribution in [0.1, 0.15) is 53.3 Å². The Morgan fingerprint density at radius 1 is 1.00 bits per heavy atom. The van der Waals surface area contributed by atoms with E-state index in [-0.39, 0.29) is 5.92 Å². The lowest BCUT2D eigenvalue weighted by Gasteiger charge is -2.25. The fraction of sp³-hybridized carbons (Fsp3) is 0.733. The largest absolute Gasteiger partial charge is 0.370 e. The van der Waals surface area contributed by atoms with Crippen LogP contribution in [0, 0.1) is 17.8 Å². The zero-order valence-corrected chi connectivity index (χ0v) is 13.6. The molecule has 1 aromatic heterocycles. The van der Waals surface area contributed by atoms with Crippen LogP contribution in [0.5, 0.6) is 0 Å². The Kier molecular flexibility index (Phi) is 6.20. The van der Waals surface area contributed by atoms with Gasteiger partial charge >= 0.3 is 0 Å². The van der Waals surface area contributed by atoms with E-state index in [1.54, 1.807) is 0 Å². The second kappa shape index (κ2) is 7.43. The zero-order valence-electron chi connectivity index (χ0n) is 13.6. The standard InChI is InChI=1S/C15H29N5/c1-9(2)12(10(3)4)8-17-13-7-14(20-16)19-15(18-13)11(5)6/h7,9-12H,8,16H2,1-6H3,(H2,17,18,19,20). The average molecular weight is 279 g/mol. The average Bonchev–Trinajstić information content (AvgIpc) is 2.37. The maximum Gasteiger partial charge on any atom is 0.145 e. The van der Waals surface area contributed by atoms with Crippen molar-refractivity contribution < 1.29 is 0 Å². The molecule has 0 aromatic carbocycles. The second-order valence-corrected chi connectivity index (χ2v) is 6.33. The Bertz CT molecular complexity index is 407. The molecule has 0 spiro atoms. The fourth-order valence-electron chi connectivity index (χ4n) is 2.35. The molecule has 0 saturated heterocycles. The lowest BCUT2D eigenvalue weighted by molar-refractivity contribution is 0.304. The molecule has 1 aromatic rings. The highest BCUT2D eigenvalue weighted by Crippen LogP contribution is 2.22. The smallest absolute Gasteiger partial charge is 0.145 e. The van der Waals surface area contributed by atoms with E-state index in [2.05, 4.69) is 62.3 Å². The SMILES string of the molecule is CC(C)c1nc(NN)cc(NCC(C(C)C)C(C)C)n1. The van der Waals surface area contributed by atoms with Gasteiger partial charge in [-0.25, -0.2) is 15.8 Å². The molecule has 0 fully saturated rings. The molecule has 0 bridgehead atoms. The summed E-state index contributed by atoms with van der Waals surface area (Å²) in [6.07, 6.45) is 0. The van der Waals surface area contributed by atoms with Crippen molar-refractivity contribution in [1.82, 2.24) is 9.97 Å². The van der Waals surface area contributed by atoms with E-state index in [0.29, 0.717) is 23.6 Å². The molecule has 5 heteroatoms. The van der Waals surface area contributed by atoms with E-state index in [0.717, 1.165) is 18.2 Å². The minimum absolute atomic E-state index is 0.273. The minimum atomic E-state index is 0.273. The third-order valence-electron chi connectivity index (χ3n) is 3.64. The Balaban J connectivity index is 2.83. The number of hydrazine groups is 1. The number of rotatable bonds is 7. The molecule has 114 valence electrons. The van der Waals surface area contributed by atoms with Crippen LogP contribution in [0.25, 0.3) is 0 Å². The van der Waals surface area contributed by atoms with Gasteiger partial charge in [0, 0.05) is 18.5 Å². The Morgan fingerprint density at radius 2 is 1.55 bits per heavy atom. The van der Waals surface area contributed by atoms with Crippen LogP contribution in [-0.4, -0.2) is 16.5 Å². The highest BCUT2D eigenvalue weighted by atomic mass is 15.3. The molecule has 0 atom stereocenters. The highest BCUT2D eigenvalue weighted by molar-refractivity contribution is 5.47. The van der Waals surface area contributed by atoms with Gasteiger partial charge in [0.1, 0.15) is 17.5 Å². The van der Waals surface area contributed by atoms with E-state index in [1.807, 2.05) is 6.07 Å². The lowest BCUT2D eigenvalue weighted by Crippen LogP contribution is -2.25. The maximum atomic E-state index is 5.47. The van der Waals surface area contributed by atoms with Crippen LogP contribution >= 0.6 is 0 Å². The van der Waals surface area contributed by atoms with Crippen molar-refractivity contribution >= 4 is 11.6 Å². The molecule has 20 heavy (non-hydrogen) atoms. The molecule has 0 aliphatic carbocycles. The molecule has 1 heterocycles. The number of hydrogen-bond acceptors (Lipinski definition) is 5. The number of nitrogen functional groups attached to an aromatic ring is 1. The van der Waals surface area contributed by atoms with Crippen LogP contribution < -0.4 is 16.6 Å². The first-order chi connectivity index (χ1) is 9.35. The number of nitrogens with one attached hydrogen (secondary N) is 2. The number of nitrogens with two attached hydrogens (primary N) is 1. The van der Waals surface area contributed by atoms with Gasteiger partial charge in [-0.1, -0.05) is 41.5 Å². The summed E-state index contributed by atoms with van der Waals surface area (Å²) >= 11 is 0. The van der Waals surface area contributed by atoms with Crippen LogP contribution in [-0.2, 0) is 0 Å². The van der Waals surface area contributed by atoms with Crippen molar-refractivity contribution in [2.75, 3.05) is 17.3 Å². The van der Waals surface area contributed by atoms with Crippen molar-refractivity contribution in [3.63, 3.8) is 0 Å². The summed E-state index contributed by atoms with van der Waals surface area (Å²) in [5, 5.41) is 3.43. The number of nitrogens with zero attached hydrogens (tertiary/aromatic N) is 2. The highest BCUT2D eigenvalue weighted by Gasteiger charge is 2.17. The molecular formula is C15H29N5. The van der Waals surface area contributed by atoms with Crippen LogP contribution in [0.15, 0.2) is 6.07 Å². The minimum Gasteiger partial charge on any atom is -0.370 e. The first-order valence-corrected chi connectivity index (χ1v) is 7.44. The summed E-state index contributed by atoms with van der Waals surface area (Å²) in [7, 11) is 0. The Labute approximate surface area is 122 Å². The van der Waals surface area contributed by atoms with E-state index in [1.165, 1.54) is 0 Å². The van der Waals surface area contributed by atoms with Crippen LogP contribution in [0.4, 0.5) is 11.6 Å². The molecule has 0 amide bonds. The summed E-state index contributed by atoms with van der Waals surface area (Å²) in [6, 6.07) is 1.85. The van der Waals surface area contributed by atoms with Crippen LogP contribution in [0.3, 0.4) is 0 Å². The van der Waals surface area contributed by atoms with Crippen LogP contribution in [0.2, 0.25) is 0 Å². The van der Waals surface area contributed by atoms with Gasteiger partial charge in [0.25, 0.3) is 0 Å². The maximum absolute atomic E-state index is 5.47. The predicted molar refractivity (Wildman–Crippen MR) is 85.6 cm³/mol. The van der Waals surface area contributed by atoms with Gasteiger partial charge in [-0.05, 0) is 17.8 Å². The van der Waals surface area contributed by atoms with E-state index in [4.69, 9.17) is 5.84 Å². The monoisotopic (exact) mass is 279 g/mol. The molecule has 0 radical (unpaired) electrons. The van der Waals surface area contributed by atoms with Gasteiger partial charge in [0.15, 0.2) is 0 Å². The first-order valence-electron chi connectivity index (χ1n) is 7.44. The fourth-order valence-corrected chi connectivity index (χ4v) is 2.35. The summed E-state index contributed by atoms with van der Waals surface area (Å²) in [6.45, 7) is 14.1. The van der Waals surface area contributed by atoms with Crippen molar-refractivity contribution in [1.29, 1.82) is 0 Å². The quantitative estimate of drug-likeness (QED) is 0.528. The summed E-state index contributed by atoms with van der Waals surface area (Å²) in [5.74, 6) is 9.92.